The Hall–Kier alpha value is -4.50. The van der Waals surface area contributed by atoms with Crippen LogP contribution in [0.25, 0.3) is 55.8 Å². The molecule has 0 unspecified atom stereocenters. The molecule has 2 N–H and O–H groups in total. The predicted octanol–water partition coefficient (Wildman–Crippen LogP) is 6.63. The van der Waals surface area contributed by atoms with Crippen LogP contribution in [0.4, 0.5) is 8.78 Å². The van der Waals surface area contributed by atoms with E-state index in [1.807, 2.05) is 29.2 Å². The standard InChI is InChI=1S/C31H27F2N7/c1-2-19-11-20(17-40-10-8-31(32,33)18-40)13-22(12-19)21-6-7-26-23(14-21)29(39-38-26)30-36-27-16-34-15-24(28(27)37-30)25-5-3-4-9-35-25/h3-7,9,11-16H,2,8,10,17-18H2,1H3,(H,36,37)(H,38,39). The minimum atomic E-state index is -2.60. The second-order valence-electron chi connectivity index (χ2n) is 10.4. The van der Waals surface area contributed by atoms with Crippen LogP contribution in [0, 0.1) is 0 Å². The van der Waals surface area contributed by atoms with Crippen molar-refractivity contribution in [2.24, 2.45) is 0 Å². The van der Waals surface area contributed by atoms with Gasteiger partial charge in [-0.3, -0.25) is 20.0 Å². The first-order chi connectivity index (χ1) is 19.5. The molecule has 9 heteroatoms. The third kappa shape index (κ3) is 4.52. The van der Waals surface area contributed by atoms with Crippen molar-refractivity contribution in [2.75, 3.05) is 13.1 Å². The van der Waals surface area contributed by atoms with Gasteiger partial charge in [0.25, 0.3) is 5.92 Å². The maximum atomic E-state index is 13.8. The van der Waals surface area contributed by atoms with E-state index >= 15 is 0 Å². The van der Waals surface area contributed by atoms with Crippen molar-refractivity contribution in [1.29, 1.82) is 0 Å². The van der Waals surface area contributed by atoms with Crippen molar-refractivity contribution in [3.8, 4) is 33.9 Å². The number of aryl methyl sites for hydroxylation is 1. The summed E-state index contributed by atoms with van der Waals surface area (Å²) in [6.07, 6.45) is 6.07. The highest BCUT2D eigenvalue weighted by Gasteiger charge is 2.37. The van der Waals surface area contributed by atoms with E-state index in [0.29, 0.717) is 24.6 Å². The molecule has 2 aromatic carbocycles. The van der Waals surface area contributed by atoms with Gasteiger partial charge in [0.1, 0.15) is 11.2 Å². The Morgan fingerprint density at radius 3 is 2.67 bits per heavy atom. The Bertz CT molecular complexity index is 1840. The molecule has 7 rings (SSSR count). The summed E-state index contributed by atoms with van der Waals surface area (Å²) in [6.45, 7) is 2.86. The highest BCUT2D eigenvalue weighted by atomic mass is 19.3. The van der Waals surface area contributed by atoms with E-state index in [9.17, 15) is 8.78 Å². The molecule has 4 aromatic heterocycles. The maximum absolute atomic E-state index is 13.8. The zero-order valence-corrected chi connectivity index (χ0v) is 22.0. The first-order valence-corrected chi connectivity index (χ1v) is 13.4. The average Bonchev–Trinajstić information content (AvgIpc) is 3.68. The number of aromatic nitrogens is 6. The number of hydrogen-bond donors (Lipinski definition) is 2. The number of nitrogens with zero attached hydrogens (tertiary/aromatic N) is 5. The Kier molecular flexibility index (Phi) is 5.89. The van der Waals surface area contributed by atoms with Gasteiger partial charge in [-0.15, -0.1) is 0 Å². The number of aromatic amines is 2. The first kappa shape index (κ1) is 24.5. The average molecular weight is 536 g/mol. The van der Waals surface area contributed by atoms with E-state index in [4.69, 9.17) is 4.98 Å². The SMILES string of the molecule is CCc1cc(CN2CCC(F)(F)C2)cc(-c2ccc3[nH]nc(-c4nc5c(-c6ccccn6)cncc5[nH]4)c3c2)c1. The lowest BCUT2D eigenvalue weighted by Gasteiger charge is -2.17. The van der Waals surface area contributed by atoms with Crippen LogP contribution in [-0.2, 0) is 13.0 Å². The Balaban J connectivity index is 1.27. The lowest BCUT2D eigenvalue weighted by molar-refractivity contribution is 0.0115. The fourth-order valence-corrected chi connectivity index (χ4v) is 5.55. The van der Waals surface area contributed by atoms with Crippen LogP contribution < -0.4 is 0 Å². The molecule has 0 saturated carbocycles. The quantitative estimate of drug-likeness (QED) is 0.250. The number of fused-ring (bicyclic) bond motifs is 2. The van der Waals surface area contributed by atoms with Crippen LogP contribution in [0.15, 0.2) is 73.2 Å². The van der Waals surface area contributed by atoms with Crippen LogP contribution in [0.3, 0.4) is 0 Å². The van der Waals surface area contributed by atoms with Crippen LogP contribution in [0.5, 0.6) is 0 Å². The molecular formula is C31H27F2N7. The van der Waals surface area contributed by atoms with E-state index < -0.39 is 5.92 Å². The molecular weight excluding hydrogens is 508 g/mol. The highest BCUT2D eigenvalue weighted by Crippen LogP contribution is 2.34. The second kappa shape index (κ2) is 9.60. The summed E-state index contributed by atoms with van der Waals surface area (Å²) in [5.74, 6) is -1.96. The molecule has 1 aliphatic rings. The fraction of sp³-hybridized carbons (Fsp3) is 0.226. The third-order valence-corrected chi connectivity index (χ3v) is 7.57. The van der Waals surface area contributed by atoms with E-state index in [-0.39, 0.29) is 13.0 Å². The van der Waals surface area contributed by atoms with E-state index in [1.54, 1.807) is 18.6 Å². The molecule has 40 heavy (non-hydrogen) atoms. The molecule has 200 valence electrons. The molecule has 0 amide bonds. The summed E-state index contributed by atoms with van der Waals surface area (Å²) >= 11 is 0. The molecule has 0 bridgehead atoms. The molecule has 1 saturated heterocycles. The zero-order chi connectivity index (χ0) is 27.3. The highest BCUT2D eigenvalue weighted by molar-refractivity contribution is 5.97. The second-order valence-corrected chi connectivity index (χ2v) is 10.4. The normalized spacial score (nSPS) is 15.4. The summed E-state index contributed by atoms with van der Waals surface area (Å²) in [5.41, 5.74) is 9.16. The largest absolute Gasteiger partial charge is 0.335 e. The number of alkyl halides is 2. The number of rotatable bonds is 6. The fourth-order valence-electron chi connectivity index (χ4n) is 5.55. The lowest BCUT2D eigenvalue weighted by atomic mass is 9.97. The number of H-pyrrole nitrogens is 2. The number of likely N-dealkylation sites (tertiary alicyclic amines) is 1. The molecule has 7 nitrogen and oxygen atoms in total. The van der Waals surface area contributed by atoms with E-state index in [1.165, 1.54) is 5.56 Å². The third-order valence-electron chi connectivity index (χ3n) is 7.57. The van der Waals surface area contributed by atoms with Crippen molar-refractivity contribution < 1.29 is 8.78 Å². The number of nitrogens with one attached hydrogen (secondary N) is 2. The molecule has 6 aromatic rings. The molecule has 5 heterocycles. The van der Waals surface area contributed by atoms with Crippen LogP contribution in [-0.4, -0.2) is 54.0 Å². The van der Waals surface area contributed by atoms with Gasteiger partial charge in [-0.25, -0.2) is 13.8 Å². The summed E-state index contributed by atoms with van der Waals surface area (Å²) in [7, 11) is 0. The maximum Gasteiger partial charge on any atom is 0.261 e. The van der Waals surface area contributed by atoms with Gasteiger partial charge in [-0.2, -0.15) is 5.10 Å². The molecule has 1 fully saturated rings. The first-order valence-electron chi connectivity index (χ1n) is 13.4. The van der Waals surface area contributed by atoms with Gasteiger partial charge in [-0.05, 0) is 59.0 Å². The van der Waals surface area contributed by atoms with Gasteiger partial charge in [0.15, 0.2) is 5.82 Å². The summed E-state index contributed by atoms with van der Waals surface area (Å²) in [5, 5.41) is 8.67. The lowest BCUT2D eigenvalue weighted by Crippen LogP contribution is -2.24. The number of pyridine rings is 2. The van der Waals surface area contributed by atoms with E-state index in [0.717, 1.165) is 56.3 Å². The molecule has 0 spiro atoms. The monoisotopic (exact) mass is 535 g/mol. The Morgan fingerprint density at radius 2 is 1.88 bits per heavy atom. The predicted molar refractivity (Wildman–Crippen MR) is 152 cm³/mol. The van der Waals surface area contributed by atoms with Gasteiger partial charge in [0.2, 0.25) is 0 Å². The Morgan fingerprint density at radius 1 is 0.975 bits per heavy atom. The van der Waals surface area contributed by atoms with Gasteiger partial charge >= 0.3 is 0 Å². The summed E-state index contributed by atoms with van der Waals surface area (Å²) < 4.78 is 27.6. The number of imidazole rings is 1. The van der Waals surface area contributed by atoms with Gasteiger partial charge < -0.3 is 4.98 Å². The minimum absolute atomic E-state index is 0.0749. The topological polar surface area (TPSA) is 86.4 Å². The smallest absolute Gasteiger partial charge is 0.261 e. The van der Waals surface area contributed by atoms with E-state index in [2.05, 4.69) is 62.4 Å². The molecule has 1 aliphatic heterocycles. The van der Waals surface area contributed by atoms with Crippen LogP contribution in [0.1, 0.15) is 24.5 Å². The van der Waals surface area contributed by atoms with Gasteiger partial charge in [0.05, 0.1) is 29.5 Å². The summed E-state index contributed by atoms with van der Waals surface area (Å²) in [4.78, 5) is 19.0. The van der Waals surface area contributed by atoms with Gasteiger partial charge in [0, 0.05) is 42.9 Å². The van der Waals surface area contributed by atoms with Crippen molar-refractivity contribution >= 4 is 21.9 Å². The van der Waals surface area contributed by atoms with Crippen LogP contribution >= 0.6 is 0 Å². The summed E-state index contributed by atoms with van der Waals surface area (Å²) in [6, 6.07) is 18.4. The van der Waals surface area contributed by atoms with Crippen molar-refractivity contribution in [2.45, 2.75) is 32.2 Å². The van der Waals surface area contributed by atoms with Gasteiger partial charge in [-0.1, -0.05) is 31.2 Å². The molecule has 0 atom stereocenters. The molecule has 0 radical (unpaired) electrons. The number of hydrogen-bond acceptors (Lipinski definition) is 5. The van der Waals surface area contributed by atoms with Crippen molar-refractivity contribution in [1.82, 2.24) is 35.0 Å². The van der Waals surface area contributed by atoms with Crippen molar-refractivity contribution in [3.05, 3.63) is 84.3 Å². The van der Waals surface area contributed by atoms with Crippen molar-refractivity contribution in [3.63, 3.8) is 0 Å². The Labute approximate surface area is 229 Å². The zero-order valence-electron chi connectivity index (χ0n) is 22.0. The molecule has 0 aliphatic carbocycles. The van der Waals surface area contributed by atoms with Crippen LogP contribution in [0.2, 0.25) is 0 Å². The minimum Gasteiger partial charge on any atom is -0.335 e. The number of benzene rings is 2. The number of halogens is 2.